The summed E-state index contributed by atoms with van der Waals surface area (Å²) in [5.41, 5.74) is 1.04. The first-order chi connectivity index (χ1) is 4.88. The molecule has 4 heteroatoms. The lowest BCUT2D eigenvalue weighted by atomic mass is 10.7. The van der Waals surface area contributed by atoms with Crippen molar-refractivity contribution in [2.75, 3.05) is 0 Å². The van der Waals surface area contributed by atoms with Crippen LogP contribution >= 0.6 is 0 Å². The third kappa shape index (κ3) is 0.586. The van der Waals surface area contributed by atoms with Crippen LogP contribution in [0, 0.1) is 0 Å². The molecule has 0 amide bonds. The molecule has 0 aliphatic carbocycles. The Kier molecular flexibility index (Phi) is 0.943. The number of aryl methyl sites for hydroxylation is 1. The average Bonchev–Trinajstić information content (AvgIpc) is 2.34. The van der Waals surface area contributed by atoms with Crippen molar-refractivity contribution in [3.05, 3.63) is 24.9 Å². The molecular weight excluding hydrogens is 128 g/mol. The number of imidazole rings is 1. The summed E-state index contributed by atoms with van der Waals surface area (Å²) in [5.74, 6) is 0. The highest BCUT2D eigenvalue weighted by Gasteiger charge is 2.02. The zero-order chi connectivity index (χ0) is 6.97. The van der Waals surface area contributed by atoms with E-state index in [1.54, 1.807) is 12.5 Å². The molecule has 0 unspecified atom stereocenters. The quantitative estimate of drug-likeness (QED) is 0.459. The minimum atomic E-state index is 1.04. The van der Waals surface area contributed by atoms with Gasteiger partial charge in [0.1, 0.15) is 18.6 Å². The second-order valence-electron chi connectivity index (χ2n) is 2.15. The van der Waals surface area contributed by atoms with Crippen LogP contribution in [-0.2, 0) is 7.05 Å². The lowest BCUT2D eigenvalue weighted by Crippen LogP contribution is -2.25. The van der Waals surface area contributed by atoms with E-state index < -0.39 is 0 Å². The minimum Gasteiger partial charge on any atom is -0.231 e. The Morgan fingerprint density at radius 2 is 2.40 bits per heavy atom. The molecule has 10 heavy (non-hydrogen) atoms. The van der Waals surface area contributed by atoms with E-state index in [0.717, 1.165) is 5.65 Å². The topological polar surface area (TPSA) is 34.1 Å². The maximum atomic E-state index is 3.75. The molecule has 2 aromatic rings. The van der Waals surface area contributed by atoms with Crippen molar-refractivity contribution in [2.24, 2.45) is 7.05 Å². The molecule has 0 atom stereocenters. The van der Waals surface area contributed by atoms with Crippen LogP contribution in [0.2, 0.25) is 0 Å². The van der Waals surface area contributed by atoms with Gasteiger partial charge in [0.15, 0.2) is 0 Å². The Balaban J connectivity index is 2.93. The predicted octanol–water partition coefficient (Wildman–Crippen LogP) is -0.446. The number of hydrogen-bond donors (Lipinski definition) is 0. The molecule has 0 saturated heterocycles. The van der Waals surface area contributed by atoms with E-state index in [9.17, 15) is 0 Å². The summed E-state index contributed by atoms with van der Waals surface area (Å²) in [6.45, 7) is 0. The van der Waals surface area contributed by atoms with E-state index in [1.165, 1.54) is 0 Å². The Labute approximate surface area is 57.8 Å². The van der Waals surface area contributed by atoms with Crippen LogP contribution < -0.4 is 4.57 Å². The summed E-state index contributed by atoms with van der Waals surface area (Å²) in [5, 5.41) is 7.48. The molecule has 0 radical (unpaired) electrons. The predicted molar refractivity (Wildman–Crippen MR) is 34.2 cm³/mol. The van der Waals surface area contributed by atoms with E-state index in [1.807, 2.05) is 28.4 Å². The van der Waals surface area contributed by atoms with Crippen LogP contribution in [0.1, 0.15) is 0 Å². The van der Waals surface area contributed by atoms with Crippen molar-refractivity contribution >= 4 is 5.65 Å². The maximum Gasteiger partial charge on any atom is 0.307 e. The van der Waals surface area contributed by atoms with Gasteiger partial charge in [-0.25, -0.2) is 4.57 Å². The first-order valence-corrected chi connectivity index (χ1v) is 3.01. The normalized spacial score (nSPS) is 10.5. The lowest BCUT2D eigenvalue weighted by molar-refractivity contribution is -0.644. The molecular formula is C6H7N4+. The molecule has 4 nitrogen and oxygen atoms in total. The molecule has 0 saturated carbocycles. The molecule has 0 aliphatic rings. The van der Waals surface area contributed by atoms with Gasteiger partial charge in [0.2, 0.25) is 6.33 Å². The van der Waals surface area contributed by atoms with Crippen LogP contribution in [-0.4, -0.2) is 14.6 Å². The SMILES string of the molecule is C[n+]1ccn2cnncc21. The van der Waals surface area contributed by atoms with Gasteiger partial charge in [0.25, 0.3) is 0 Å². The summed E-state index contributed by atoms with van der Waals surface area (Å²) < 4.78 is 3.89. The van der Waals surface area contributed by atoms with Crippen molar-refractivity contribution in [1.82, 2.24) is 14.6 Å². The van der Waals surface area contributed by atoms with Crippen molar-refractivity contribution in [3.8, 4) is 0 Å². The van der Waals surface area contributed by atoms with Gasteiger partial charge in [0, 0.05) is 0 Å². The number of nitrogens with zero attached hydrogens (tertiary/aromatic N) is 4. The third-order valence-electron chi connectivity index (χ3n) is 1.49. The fourth-order valence-electron chi connectivity index (χ4n) is 0.932. The molecule has 0 bridgehead atoms. The smallest absolute Gasteiger partial charge is 0.231 e. The van der Waals surface area contributed by atoms with Crippen molar-refractivity contribution in [1.29, 1.82) is 0 Å². The van der Waals surface area contributed by atoms with Crippen LogP contribution in [0.15, 0.2) is 24.9 Å². The summed E-state index contributed by atoms with van der Waals surface area (Å²) in [6, 6.07) is 0. The van der Waals surface area contributed by atoms with Gasteiger partial charge in [-0.1, -0.05) is 0 Å². The number of hydrogen-bond acceptors (Lipinski definition) is 2. The fourth-order valence-corrected chi connectivity index (χ4v) is 0.932. The average molecular weight is 135 g/mol. The summed E-state index contributed by atoms with van der Waals surface area (Å²) in [7, 11) is 1.97. The molecule has 2 rings (SSSR count). The largest absolute Gasteiger partial charge is 0.307 e. The van der Waals surface area contributed by atoms with Crippen LogP contribution in [0.5, 0.6) is 0 Å². The third-order valence-corrected chi connectivity index (χ3v) is 1.49. The van der Waals surface area contributed by atoms with Crippen molar-refractivity contribution in [3.63, 3.8) is 0 Å². The molecule has 0 fully saturated rings. The summed E-state index contributed by atoms with van der Waals surface area (Å²) >= 11 is 0. The van der Waals surface area contributed by atoms with Crippen molar-refractivity contribution in [2.45, 2.75) is 0 Å². The van der Waals surface area contributed by atoms with E-state index >= 15 is 0 Å². The monoisotopic (exact) mass is 135 g/mol. The molecule has 50 valence electrons. The maximum absolute atomic E-state index is 3.75. The zero-order valence-electron chi connectivity index (χ0n) is 5.60. The molecule has 2 heterocycles. The molecule has 0 aliphatic heterocycles. The van der Waals surface area contributed by atoms with Gasteiger partial charge in [-0.3, -0.25) is 0 Å². The standard InChI is InChI=1S/C6H7N4/c1-9-2-3-10-5-8-7-4-6(9)10/h2-5H,1H3/q+1. The number of rotatable bonds is 0. The van der Waals surface area contributed by atoms with Crippen molar-refractivity contribution < 1.29 is 4.57 Å². The highest BCUT2D eigenvalue weighted by molar-refractivity contribution is 5.24. The highest BCUT2D eigenvalue weighted by atomic mass is 15.2. The van der Waals surface area contributed by atoms with E-state index in [-0.39, 0.29) is 0 Å². The van der Waals surface area contributed by atoms with Gasteiger partial charge in [0.05, 0.1) is 7.05 Å². The zero-order valence-corrected chi connectivity index (χ0v) is 5.60. The lowest BCUT2D eigenvalue weighted by Gasteiger charge is -1.82. The summed E-state index contributed by atoms with van der Waals surface area (Å²) in [4.78, 5) is 0. The second kappa shape index (κ2) is 1.76. The van der Waals surface area contributed by atoms with Crippen LogP contribution in [0.4, 0.5) is 0 Å². The van der Waals surface area contributed by atoms with E-state index in [0.29, 0.717) is 0 Å². The molecule has 0 N–H and O–H groups in total. The van der Waals surface area contributed by atoms with Gasteiger partial charge < -0.3 is 0 Å². The van der Waals surface area contributed by atoms with Gasteiger partial charge in [-0.2, -0.15) is 4.40 Å². The molecule has 0 aromatic carbocycles. The first-order valence-electron chi connectivity index (χ1n) is 3.01. The molecule has 0 spiro atoms. The number of fused-ring (bicyclic) bond motifs is 1. The van der Waals surface area contributed by atoms with Gasteiger partial charge in [-0.15, -0.1) is 10.2 Å². The van der Waals surface area contributed by atoms with Gasteiger partial charge >= 0.3 is 5.65 Å². The van der Waals surface area contributed by atoms with Crippen LogP contribution in [0.3, 0.4) is 0 Å². The Morgan fingerprint density at radius 1 is 1.50 bits per heavy atom. The van der Waals surface area contributed by atoms with Crippen LogP contribution in [0.25, 0.3) is 5.65 Å². The minimum absolute atomic E-state index is 1.04. The van der Waals surface area contributed by atoms with E-state index in [4.69, 9.17) is 0 Å². The Hall–Kier alpha value is -1.45. The molecule has 2 aromatic heterocycles. The summed E-state index contributed by atoms with van der Waals surface area (Å²) in [6.07, 6.45) is 7.29. The second-order valence-corrected chi connectivity index (χ2v) is 2.15. The fraction of sp³-hybridized carbons (Fsp3) is 0.167. The van der Waals surface area contributed by atoms with Gasteiger partial charge in [-0.05, 0) is 0 Å². The van der Waals surface area contributed by atoms with E-state index in [2.05, 4.69) is 10.2 Å². The Morgan fingerprint density at radius 3 is 3.20 bits per heavy atom. The first kappa shape index (κ1) is 5.34. The highest BCUT2D eigenvalue weighted by Crippen LogP contribution is 1.89. The number of aromatic nitrogens is 4. The Bertz CT molecular complexity index is 351.